The minimum Gasteiger partial charge on any atom is -0.495 e. The number of thioether (sulfide) groups is 1. The van der Waals surface area contributed by atoms with Crippen molar-refractivity contribution in [1.82, 2.24) is 15.1 Å². The van der Waals surface area contributed by atoms with Crippen LogP contribution in [0.15, 0.2) is 35.9 Å². The van der Waals surface area contributed by atoms with E-state index >= 15 is 0 Å². The van der Waals surface area contributed by atoms with Gasteiger partial charge in [-0.05, 0) is 83.4 Å². The SMILES string of the molecule is COc1cc2cc(c1Cl)N(C)C(=O)C[C@H](OC(=O)[C@H](C)N(C)C(=O)CCS[C@H]1CC(=O)N(C[C@H]3CC[C@H](C(C)=O)CC3)C1=O)[C@]1(C)O[C@H]1[C@H](C)[C@@H]1C[C@@](O)(NC(=O)O1)[C@H](OC)/C=C/C=C(\C)C2. The number of nitrogens with one attached hydrogen (secondary N) is 1. The van der Waals surface area contributed by atoms with E-state index in [1.54, 1.807) is 52.1 Å². The topological polar surface area (TPSA) is 211 Å². The number of anilines is 1. The van der Waals surface area contributed by atoms with E-state index in [1.807, 2.05) is 13.0 Å². The van der Waals surface area contributed by atoms with E-state index < -0.39 is 76.8 Å². The smallest absolute Gasteiger partial charge is 0.409 e. The van der Waals surface area contributed by atoms with Crippen LogP contribution in [0.2, 0.25) is 5.02 Å². The number of epoxide rings is 1. The van der Waals surface area contributed by atoms with Crippen molar-refractivity contribution in [2.45, 2.75) is 139 Å². The molecule has 3 saturated heterocycles. The lowest BCUT2D eigenvalue weighted by Gasteiger charge is -2.42. The highest BCUT2D eigenvalue weighted by Crippen LogP contribution is 2.49. The number of carbonyl (C=O) groups excluding carboxylic acids is 7. The van der Waals surface area contributed by atoms with Crippen molar-refractivity contribution >= 4 is 70.5 Å². The molecule has 5 aliphatic rings. The number of likely N-dealkylation sites (tertiary alicyclic amines) is 1. The highest BCUT2D eigenvalue weighted by atomic mass is 35.5. The first kappa shape index (κ1) is 51.9. The number of alkyl carbamates (subject to hydrolysis) is 1. The zero-order valence-corrected chi connectivity index (χ0v) is 41.4. The number of esters is 1. The van der Waals surface area contributed by atoms with Crippen LogP contribution in [0.25, 0.3) is 0 Å². The lowest BCUT2D eigenvalue weighted by atomic mass is 9.80. The van der Waals surface area contributed by atoms with Gasteiger partial charge in [0.1, 0.15) is 46.5 Å². The lowest BCUT2D eigenvalue weighted by molar-refractivity contribution is -0.162. The number of Topliss-reactive ketones (excluding diaryl/α,β-unsaturated/α-hetero) is 1. The van der Waals surface area contributed by atoms with Gasteiger partial charge >= 0.3 is 12.1 Å². The van der Waals surface area contributed by atoms with Crippen molar-refractivity contribution in [3.63, 3.8) is 0 Å². The predicted molar refractivity (Wildman–Crippen MR) is 249 cm³/mol. The summed E-state index contributed by atoms with van der Waals surface area (Å²) in [6.45, 7) is 8.82. The average molecular weight is 974 g/mol. The predicted octanol–water partition coefficient (Wildman–Crippen LogP) is 5.16. The molecule has 0 spiro atoms. The maximum Gasteiger partial charge on any atom is 0.409 e. The van der Waals surface area contributed by atoms with Gasteiger partial charge in [0, 0.05) is 64.6 Å². The van der Waals surface area contributed by atoms with E-state index in [9.17, 15) is 38.7 Å². The number of nitrogens with zero attached hydrogens (tertiary/aromatic N) is 3. The van der Waals surface area contributed by atoms with Crippen molar-refractivity contribution in [2.75, 3.05) is 45.5 Å². The molecule has 368 valence electrons. The number of hydrogen-bond acceptors (Lipinski definition) is 14. The number of rotatable bonds is 12. The third-order valence-electron chi connectivity index (χ3n) is 14.2. The van der Waals surface area contributed by atoms with E-state index in [0.717, 1.165) is 36.8 Å². The van der Waals surface area contributed by atoms with Crippen LogP contribution in [0, 0.1) is 17.8 Å². The molecule has 1 aromatic rings. The Morgan fingerprint density at radius 2 is 1.79 bits per heavy atom. The van der Waals surface area contributed by atoms with Gasteiger partial charge in [0.2, 0.25) is 23.6 Å². The van der Waals surface area contributed by atoms with Crippen molar-refractivity contribution < 1.29 is 62.4 Å². The molecule has 0 aromatic heterocycles. The standard InChI is InChI=1S/C48H65ClN4O13S/c1-26-11-10-12-37(63-9)48(61)24-35(64-46(60)50-48)27(2)43-47(5,66-43)38(23-40(56)52(7)33-20-31(19-26)21-34(62-8)42(33)49)65-45(59)28(3)51(6)39(55)17-18-67-36-22-41(57)53(44(36)58)25-30-13-15-32(16-14-30)29(4)54/h10-12,20-21,27-28,30,32,35-38,43,61H,13-19,22-25H2,1-9H3,(H,50,60)/b12-10+,26-11+/t27-,28+,30-,32-,35+,36+,37-,38+,43+,47+,48+/m1/s1. The maximum absolute atomic E-state index is 14.3. The van der Waals surface area contributed by atoms with E-state index in [1.165, 1.54) is 54.7 Å². The number of ketones is 1. The van der Waals surface area contributed by atoms with E-state index in [0.29, 0.717) is 24.4 Å². The largest absolute Gasteiger partial charge is 0.495 e. The molecule has 1 saturated carbocycles. The number of aliphatic hydroxyl groups is 1. The minimum absolute atomic E-state index is 0.0292. The fraction of sp³-hybridized carbons (Fsp3) is 0.646. The van der Waals surface area contributed by atoms with Gasteiger partial charge in [-0.3, -0.25) is 34.2 Å². The molecule has 67 heavy (non-hydrogen) atoms. The van der Waals surface area contributed by atoms with Crippen LogP contribution in [0.1, 0.15) is 91.5 Å². The number of carbonyl (C=O) groups is 7. The van der Waals surface area contributed by atoms with Gasteiger partial charge in [-0.15, -0.1) is 11.8 Å². The highest BCUT2D eigenvalue weighted by molar-refractivity contribution is 8.00. The Labute approximate surface area is 401 Å². The van der Waals surface area contributed by atoms with E-state index in [4.69, 9.17) is 35.3 Å². The number of likely N-dealkylation sites (N-methyl/N-ethyl adjacent to an activating group) is 1. The Hall–Kier alpha value is -4.49. The Morgan fingerprint density at radius 3 is 2.45 bits per heavy atom. The Morgan fingerprint density at radius 1 is 1.09 bits per heavy atom. The first-order valence-corrected chi connectivity index (χ1v) is 24.3. The number of ether oxygens (including phenoxy) is 5. The molecule has 19 heteroatoms. The zero-order chi connectivity index (χ0) is 49.1. The Kier molecular flexibility index (Phi) is 16.6. The molecular formula is C48H65ClN4O13S. The third kappa shape index (κ3) is 11.7. The lowest BCUT2D eigenvalue weighted by Crippen LogP contribution is -2.63. The van der Waals surface area contributed by atoms with Gasteiger partial charge in [0.25, 0.3) is 0 Å². The molecule has 0 unspecified atom stereocenters. The van der Waals surface area contributed by atoms with Gasteiger partial charge in [0.05, 0.1) is 30.6 Å². The molecular weight excluding hydrogens is 908 g/mol. The summed E-state index contributed by atoms with van der Waals surface area (Å²) in [6.07, 6.45) is 3.60. The van der Waals surface area contributed by atoms with Crippen molar-refractivity contribution in [1.29, 1.82) is 0 Å². The van der Waals surface area contributed by atoms with Gasteiger partial charge in [-0.1, -0.05) is 42.3 Å². The number of halogens is 1. The first-order chi connectivity index (χ1) is 31.6. The molecule has 5 amide bonds. The summed E-state index contributed by atoms with van der Waals surface area (Å²) >= 11 is 8.04. The van der Waals surface area contributed by atoms with E-state index in [-0.39, 0.29) is 65.9 Å². The van der Waals surface area contributed by atoms with Crippen molar-refractivity contribution in [3.05, 3.63) is 46.5 Å². The molecule has 4 bridgehead atoms. The summed E-state index contributed by atoms with van der Waals surface area (Å²) in [4.78, 5) is 96.8. The van der Waals surface area contributed by atoms with Crippen molar-refractivity contribution in [2.24, 2.45) is 17.8 Å². The maximum atomic E-state index is 14.3. The average Bonchev–Trinajstić information content (AvgIpc) is 3.91. The number of allylic oxidation sites excluding steroid dienone is 3. The number of benzene rings is 1. The molecule has 0 radical (unpaired) electrons. The normalized spacial score (nSPS) is 33.1. The van der Waals surface area contributed by atoms with Gasteiger partial charge < -0.3 is 38.6 Å². The zero-order valence-electron chi connectivity index (χ0n) is 39.8. The summed E-state index contributed by atoms with van der Waals surface area (Å²) in [5, 5.41) is 13.9. The molecule has 4 heterocycles. The molecule has 1 aliphatic carbocycles. The quantitative estimate of drug-likeness (QED) is 0.158. The Bertz CT molecular complexity index is 2160. The van der Waals surface area contributed by atoms with Crippen molar-refractivity contribution in [3.8, 4) is 5.75 Å². The fourth-order valence-electron chi connectivity index (χ4n) is 9.67. The summed E-state index contributed by atoms with van der Waals surface area (Å²) in [6, 6.07) is 2.43. The second-order valence-corrected chi connectivity index (χ2v) is 20.6. The van der Waals surface area contributed by atoms with Crippen LogP contribution in [0.3, 0.4) is 0 Å². The van der Waals surface area contributed by atoms with Crippen LogP contribution in [0.5, 0.6) is 5.75 Å². The molecule has 17 nitrogen and oxygen atoms in total. The van der Waals surface area contributed by atoms with E-state index in [2.05, 4.69) is 5.32 Å². The van der Waals surface area contributed by atoms with Crippen LogP contribution in [0.4, 0.5) is 10.5 Å². The summed E-state index contributed by atoms with van der Waals surface area (Å²) in [5.74, 6) is -1.84. The molecule has 6 rings (SSSR count). The second kappa shape index (κ2) is 21.4. The second-order valence-electron chi connectivity index (χ2n) is 18.9. The molecule has 9 atom stereocenters. The number of fused-ring (bicyclic) bond motifs is 5. The molecule has 1 aromatic carbocycles. The van der Waals surface area contributed by atoms with Crippen LogP contribution in [-0.4, -0.2) is 144 Å². The van der Waals surface area contributed by atoms with Crippen LogP contribution < -0.4 is 15.0 Å². The molecule has 4 fully saturated rings. The number of imide groups is 1. The fourth-order valence-corrected chi connectivity index (χ4v) is 11.1. The van der Waals surface area contributed by atoms with Crippen LogP contribution >= 0.6 is 23.4 Å². The first-order valence-electron chi connectivity index (χ1n) is 22.9. The summed E-state index contributed by atoms with van der Waals surface area (Å²) in [5.41, 5.74) is -1.13. The number of hydrogen-bond donors (Lipinski definition) is 2. The Balaban J connectivity index is 1.16. The van der Waals surface area contributed by atoms with Gasteiger partial charge in [-0.25, -0.2) is 9.59 Å². The van der Waals surface area contributed by atoms with Crippen LogP contribution in [-0.2, 0) is 54.1 Å². The van der Waals surface area contributed by atoms with Gasteiger partial charge in [0.15, 0.2) is 5.72 Å². The minimum atomic E-state index is -1.87. The third-order valence-corrected chi connectivity index (χ3v) is 15.8. The highest BCUT2D eigenvalue weighted by Gasteiger charge is 2.64. The monoisotopic (exact) mass is 972 g/mol. The molecule has 4 aliphatic heterocycles. The summed E-state index contributed by atoms with van der Waals surface area (Å²) < 4.78 is 29.4. The number of amides is 5. The molecule has 2 N–H and O–H groups in total. The van der Waals surface area contributed by atoms with Gasteiger partial charge in [-0.2, -0.15) is 0 Å². The number of methoxy groups -OCH3 is 2. The summed E-state index contributed by atoms with van der Waals surface area (Å²) in [7, 11) is 5.91.